The van der Waals surface area contributed by atoms with Crippen molar-refractivity contribution in [1.82, 2.24) is 4.57 Å². The van der Waals surface area contributed by atoms with Crippen LogP contribution < -0.4 is 5.56 Å². The highest BCUT2D eigenvalue weighted by Crippen LogP contribution is 2.55. The van der Waals surface area contributed by atoms with Gasteiger partial charge in [0.15, 0.2) is 12.1 Å². The van der Waals surface area contributed by atoms with E-state index in [1.54, 1.807) is 0 Å². The highest BCUT2D eigenvalue weighted by molar-refractivity contribution is 7.70. The zero-order valence-corrected chi connectivity index (χ0v) is 14.3. The van der Waals surface area contributed by atoms with Crippen molar-refractivity contribution in [3.05, 3.63) is 28.7 Å². The van der Waals surface area contributed by atoms with Gasteiger partial charge in [-0.05, 0) is 6.07 Å². The Hall–Kier alpha value is -1.07. The van der Waals surface area contributed by atoms with Crippen LogP contribution in [0.5, 0.6) is 5.75 Å². The quantitative estimate of drug-likeness (QED) is 0.304. The second-order valence-electron chi connectivity index (χ2n) is 5.42. The lowest BCUT2D eigenvalue weighted by molar-refractivity contribution is -0.0518. The number of hydrogen-bond acceptors (Lipinski definition) is 8. The SMILES string of the molecule is O=c1cc(O)ccn1[C@@H]1O[C@H](COP(=O)(O)CP(=O)(O)O)[C@@H](O)[C@H]1O. The number of aliphatic hydroxyl groups is 2. The number of hydrogen-bond donors (Lipinski definition) is 6. The summed E-state index contributed by atoms with van der Waals surface area (Å²) in [5.74, 6) is -1.72. The van der Waals surface area contributed by atoms with E-state index in [1.165, 1.54) is 0 Å². The molecule has 25 heavy (non-hydrogen) atoms. The normalized spacial score (nSPS) is 29.5. The van der Waals surface area contributed by atoms with Crippen LogP contribution in [0, 0.1) is 0 Å². The summed E-state index contributed by atoms with van der Waals surface area (Å²) in [4.78, 5) is 38.6. The maximum atomic E-state index is 11.8. The van der Waals surface area contributed by atoms with E-state index in [0.717, 1.165) is 22.9 Å². The van der Waals surface area contributed by atoms with Gasteiger partial charge >= 0.3 is 15.2 Å². The van der Waals surface area contributed by atoms with Crippen molar-refractivity contribution in [2.24, 2.45) is 0 Å². The smallest absolute Gasteiger partial charge is 0.340 e. The number of rotatable bonds is 6. The van der Waals surface area contributed by atoms with Gasteiger partial charge in [0.2, 0.25) is 0 Å². The molecular formula is C11H17NO11P2. The Morgan fingerprint density at radius 2 is 1.84 bits per heavy atom. The van der Waals surface area contributed by atoms with Crippen LogP contribution in [0.1, 0.15) is 6.23 Å². The van der Waals surface area contributed by atoms with E-state index in [4.69, 9.17) is 14.5 Å². The van der Waals surface area contributed by atoms with Crippen molar-refractivity contribution in [3.63, 3.8) is 0 Å². The Morgan fingerprint density at radius 1 is 1.20 bits per heavy atom. The highest BCUT2D eigenvalue weighted by atomic mass is 31.2. The molecular weight excluding hydrogens is 384 g/mol. The van der Waals surface area contributed by atoms with Gasteiger partial charge in [0.25, 0.3) is 5.56 Å². The molecule has 5 atom stereocenters. The van der Waals surface area contributed by atoms with Gasteiger partial charge in [0, 0.05) is 12.3 Å². The van der Waals surface area contributed by atoms with Gasteiger partial charge < -0.3 is 39.3 Å². The Kier molecular flexibility index (Phi) is 5.89. The van der Waals surface area contributed by atoms with E-state index in [-0.39, 0.29) is 5.75 Å². The summed E-state index contributed by atoms with van der Waals surface area (Å²) in [5.41, 5.74) is -0.729. The minimum atomic E-state index is -4.81. The van der Waals surface area contributed by atoms with Crippen LogP contribution in [-0.2, 0) is 18.4 Å². The standard InChI is InChI=1S/C11H17NO11P2/c13-6-1-2-12(8(14)3-6)11-10(16)9(15)7(23-11)4-22-25(20,21)5-24(17,18)19/h1-3,7,9-11,13,15-16H,4-5H2,(H,20,21)(H2,17,18,19)/t7-,9-,10-,11-/m1/s1. The van der Waals surface area contributed by atoms with Crippen molar-refractivity contribution in [1.29, 1.82) is 0 Å². The van der Waals surface area contributed by atoms with Crippen LogP contribution in [0.3, 0.4) is 0 Å². The van der Waals surface area contributed by atoms with Crippen molar-refractivity contribution >= 4 is 15.2 Å². The molecule has 1 saturated heterocycles. The molecule has 1 aliphatic rings. The molecule has 1 fully saturated rings. The van der Waals surface area contributed by atoms with Crippen LogP contribution in [0.25, 0.3) is 0 Å². The van der Waals surface area contributed by atoms with Gasteiger partial charge in [-0.25, -0.2) is 0 Å². The molecule has 1 aliphatic heterocycles. The maximum absolute atomic E-state index is 11.8. The topological polar surface area (TPSA) is 196 Å². The molecule has 12 nitrogen and oxygen atoms in total. The van der Waals surface area contributed by atoms with E-state index < -0.39 is 57.8 Å². The zero-order chi connectivity index (χ0) is 19.0. The number of ether oxygens (including phenoxy) is 1. The van der Waals surface area contributed by atoms with Gasteiger partial charge in [-0.15, -0.1) is 0 Å². The first-order chi connectivity index (χ1) is 11.4. The third-order valence-corrected chi connectivity index (χ3v) is 6.80. The van der Waals surface area contributed by atoms with Crippen molar-refractivity contribution in [2.75, 3.05) is 12.5 Å². The summed E-state index contributed by atoms with van der Waals surface area (Å²) >= 11 is 0. The van der Waals surface area contributed by atoms with Crippen molar-refractivity contribution in [3.8, 4) is 5.75 Å². The molecule has 1 aromatic rings. The van der Waals surface area contributed by atoms with E-state index in [9.17, 15) is 34.1 Å². The molecule has 0 aromatic carbocycles. The molecule has 1 aromatic heterocycles. The predicted molar refractivity (Wildman–Crippen MR) is 81.0 cm³/mol. The number of nitrogens with zero attached hydrogens (tertiary/aromatic N) is 1. The molecule has 0 radical (unpaired) electrons. The zero-order valence-electron chi connectivity index (χ0n) is 12.5. The summed E-state index contributed by atoms with van der Waals surface area (Å²) in [7, 11) is -9.47. The number of aromatic hydroxyl groups is 1. The van der Waals surface area contributed by atoms with Crippen LogP contribution in [-0.4, -0.2) is 65.4 Å². The van der Waals surface area contributed by atoms with Gasteiger partial charge in [-0.2, -0.15) is 0 Å². The summed E-state index contributed by atoms with van der Waals surface area (Å²) in [6, 6.07) is 2.00. The number of aromatic nitrogens is 1. The van der Waals surface area contributed by atoms with E-state index in [2.05, 4.69) is 4.52 Å². The van der Waals surface area contributed by atoms with Crippen LogP contribution >= 0.6 is 15.2 Å². The molecule has 2 rings (SSSR count). The lowest BCUT2D eigenvalue weighted by Gasteiger charge is -2.18. The summed E-state index contributed by atoms with van der Waals surface area (Å²) < 4.78 is 33.0. The Bertz CT molecular complexity index is 774. The molecule has 2 heterocycles. The molecule has 0 amide bonds. The average Bonchev–Trinajstić information content (AvgIpc) is 2.71. The fraction of sp³-hybridized carbons (Fsp3) is 0.545. The van der Waals surface area contributed by atoms with Crippen molar-refractivity contribution < 1.29 is 48.4 Å². The first-order valence-electron chi connectivity index (χ1n) is 6.83. The van der Waals surface area contributed by atoms with Crippen molar-refractivity contribution in [2.45, 2.75) is 24.5 Å². The molecule has 0 bridgehead atoms. The molecule has 142 valence electrons. The van der Waals surface area contributed by atoms with Gasteiger partial charge in [0.1, 0.15) is 24.1 Å². The molecule has 14 heteroatoms. The molecule has 0 spiro atoms. The predicted octanol–water partition coefficient (Wildman–Crippen LogP) is -1.49. The van der Waals surface area contributed by atoms with Gasteiger partial charge in [0.05, 0.1) is 6.61 Å². The second kappa shape index (κ2) is 7.28. The fourth-order valence-electron chi connectivity index (χ4n) is 2.25. The Morgan fingerprint density at radius 3 is 2.40 bits per heavy atom. The van der Waals surface area contributed by atoms with E-state index in [1.807, 2.05) is 0 Å². The first-order valence-corrected chi connectivity index (χ1v) is 10.4. The summed E-state index contributed by atoms with van der Waals surface area (Å²) in [5, 5.41) is 29.1. The third kappa shape index (κ3) is 5.20. The lowest BCUT2D eigenvalue weighted by Crippen LogP contribution is -2.35. The van der Waals surface area contributed by atoms with E-state index >= 15 is 0 Å². The second-order valence-corrected chi connectivity index (χ2v) is 9.41. The third-order valence-electron chi connectivity index (χ3n) is 3.35. The molecule has 6 N–H and O–H groups in total. The molecule has 0 saturated carbocycles. The number of aliphatic hydroxyl groups excluding tert-OH is 2. The van der Waals surface area contributed by atoms with Gasteiger partial charge in [-0.1, -0.05) is 0 Å². The van der Waals surface area contributed by atoms with Crippen LogP contribution in [0.15, 0.2) is 23.1 Å². The fourth-order valence-corrected chi connectivity index (χ4v) is 4.82. The first kappa shape index (κ1) is 20.2. The summed E-state index contributed by atoms with van der Waals surface area (Å²) in [6.07, 6.45) is -4.75. The van der Waals surface area contributed by atoms with Crippen LogP contribution in [0.2, 0.25) is 0 Å². The molecule has 0 aliphatic carbocycles. The van der Waals surface area contributed by atoms with E-state index in [0.29, 0.717) is 0 Å². The largest absolute Gasteiger partial charge is 0.508 e. The lowest BCUT2D eigenvalue weighted by atomic mass is 10.1. The average molecular weight is 401 g/mol. The number of pyridine rings is 1. The minimum Gasteiger partial charge on any atom is -0.508 e. The highest BCUT2D eigenvalue weighted by Gasteiger charge is 2.45. The summed E-state index contributed by atoms with van der Waals surface area (Å²) in [6.45, 7) is -0.755. The Labute approximate surface area is 140 Å². The minimum absolute atomic E-state index is 0.312. The van der Waals surface area contributed by atoms with Crippen LogP contribution in [0.4, 0.5) is 0 Å². The molecule has 1 unspecified atom stereocenters. The monoisotopic (exact) mass is 401 g/mol. The maximum Gasteiger partial charge on any atom is 0.340 e. The van der Waals surface area contributed by atoms with Gasteiger partial charge in [-0.3, -0.25) is 18.5 Å². The Balaban J connectivity index is 2.08.